The molecule has 1 heterocycles. The van der Waals surface area contributed by atoms with E-state index in [1.807, 2.05) is 0 Å². The molecule has 0 radical (unpaired) electrons. The van der Waals surface area contributed by atoms with Crippen LogP contribution in [-0.2, 0) is 6.42 Å². The fraction of sp³-hybridized carbons (Fsp3) is 0.467. The SMILES string of the molecule is CCc1ccc(C(CC)NC(C)c2ncn[nH]2)cc1. The van der Waals surface area contributed by atoms with Crippen molar-refractivity contribution in [2.45, 2.75) is 45.7 Å². The Morgan fingerprint density at radius 2 is 1.95 bits per heavy atom. The van der Waals surface area contributed by atoms with Gasteiger partial charge in [-0.1, -0.05) is 38.1 Å². The van der Waals surface area contributed by atoms with Crippen LogP contribution in [0.2, 0.25) is 0 Å². The predicted molar refractivity (Wildman–Crippen MR) is 76.8 cm³/mol. The van der Waals surface area contributed by atoms with Gasteiger partial charge in [0.15, 0.2) is 0 Å². The van der Waals surface area contributed by atoms with Gasteiger partial charge >= 0.3 is 0 Å². The molecule has 1 aromatic carbocycles. The molecule has 0 aliphatic carbocycles. The highest BCUT2D eigenvalue weighted by Gasteiger charge is 2.15. The van der Waals surface area contributed by atoms with Gasteiger partial charge in [0.25, 0.3) is 0 Å². The number of benzene rings is 1. The number of rotatable bonds is 6. The van der Waals surface area contributed by atoms with Crippen molar-refractivity contribution in [3.05, 3.63) is 47.5 Å². The Hall–Kier alpha value is -1.68. The van der Waals surface area contributed by atoms with E-state index in [1.54, 1.807) is 6.33 Å². The van der Waals surface area contributed by atoms with Crippen molar-refractivity contribution in [3.8, 4) is 0 Å². The second-order valence-corrected chi connectivity index (χ2v) is 4.82. The summed E-state index contributed by atoms with van der Waals surface area (Å²) in [6, 6.07) is 9.35. The van der Waals surface area contributed by atoms with Crippen LogP contribution in [0.4, 0.5) is 0 Å². The first-order chi connectivity index (χ1) is 9.24. The third-order valence-corrected chi connectivity index (χ3v) is 3.49. The number of aryl methyl sites for hydroxylation is 1. The minimum absolute atomic E-state index is 0.165. The number of aromatic nitrogens is 3. The number of hydrogen-bond donors (Lipinski definition) is 2. The molecule has 0 bridgehead atoms. The van der Waals surface area contributed by atoms with Crippen molar-refractivity contribution in [3.63, 3.8) is 0 Å². The Morgan fingerprint density at radius 1 is 1.21 bits per heavy atom. The van der Waals surface area contributed by atoms with Crippen LogP contribution in [0.3, 0.4) is 0 Å². The molecule has 0 saturated heterocycles. The maximum absolute atomic E-state index is 4.20. The summed E-state index contributed by atoms with van der Waals surface area (Å²) in [5.74, 6) is 0.878. The van der Waals surface area contributed by atoms with Gasteiger partial charge in [0, 0.05) is 6.04 Å². The van der Waals surface area contributed by atoms with Gasteiger partial charge in [-0.05, 0) is 30.9 Å². The molecule has 4 nitrogen and oxygen atoms in total. The summed E-state index contributed by atoms with van der Waals surface area (Å²) in [5, 5.41) is 10.4. The van der Waals surface area contributed by atoms with Crippen LogP contribution in [0.25, 0.3) is 0 Å². The monoisotopic (exact) mass is 258 g/mol. The number of hydrogen-bond acceptors (Lipinski definition) is 3. The maximum atomic E-state index is 4.20. The molecule has 102 valence electrons. The summed E-state index contributed by atoms with van der Waals surface area (Å²) in [7, 11) is 0. The van der Waals surface area contributed by atoms with Crippen molar-refractivity contribution < 1.29 is 0 Å². The van der Waals surface area contributed by atoms with Gasteiger partial charge in [-0.25, -0.2) is 4.98 Å². The first-order valence-corrected chi connectivity index (χ1v) is 6.94. The third kappa shape index (κ3) is 3.41. The van der Waals surface area contributed by atoms with Gasteiger partial charge < -0.3 is 5.32 Å². The van der Waals surface area contributed by atoms with E-state index >= 15 is 0 Å². The number of nitrogens with zero attached hydrogens (tertiary/aromatic N) is 2. The van der Waals surface area contributed by atoms with Crippen LogP contribution in [-0.4, -0.2) is 15.2 Å². The van der Waals surface area contributed by atoms with Crippen LogP contribution < -0.4 is 5.32 Å². The topological polar surface area (TPSA) is 53.6 Å². The van der Waals surface area contributed by atoms with Crippen LogP contribution in [0, 0.1) is 0 Å². The minimum atomic E-state index is 0.165. The molecule has 0 aliphatic heterocycles. The lowest BCUT2D eigenvalue weighted by atomic mass is 10.0. The Labute approximate surface area is 114 Å². The Bertz CT molecular complexity index is 475. The van der Waals surface area contributed by atoms with Gasteiger partial charge in [-0.2, -0.15) is 5.10 Å². The average Bonchev–Trinajstić information content (AvgIpc) is 2.99. The molecule has 0 spiro atoms. The van der Waals surface area contributed by atoms with Crippen LogP contribution in [0.15, 0.2) is 30.6 Å². The Morgan fingerprint density at radius 3 is 2.47 bits per heavy atom. The van der Waals surface area contributed by atoms with Gasteiger partial charge in [0.1, 0.15) is 12.2 Å². The molecule has 0 amide bonds. The van der Waals surface area contributed by atoms with Gasteiger partial charge in [0.2, 0.25) is 0 Å². The molecule has 2 N–H and O–H groups in total. The van der Waals surface area contributed by atoms with Crippen molar-refractivity contribution in [2.24, 2.45) is 0 Å². The van der Waals surface area contributed by atoms with E-state index in [-0.39, 0.29) is 6.04 Å². The smallest absolute Gasteiger partial charge is 0.141 e. The zero-order valence-corrected chi connectivity index (χ0v) is 11.9. The molecule has 1 aromatic heterocycles. The first-order valence-electron chi connectivity index (χ1n) is 6.94. The van der Waals surface area contributed by atoms with Crippen molar-refractivity contribution in [1.82, 2.24) is 20.5 Å². The van der Waals surface area contributed by atoms with E-state index in [4.69, 9.17) is 0 Å². The molecule has 2 unspecified atom stereocenters. The van der Waals surface area contributed by atoms with Crippen LogP contribution >= 0.6 is 0 Å². The molecule has 19 heavy (non-hydrogen) atoms. The first kappa shape index (κ1) is 13.7. The molecule has 2 rings (SSSR count). The molecule has 4 heteroatoms. The predicted octanol–water partition coefficient (Wildman–Crippen LogP) is 3.17. The van der Waals surface area contributed by atoms with Crippen molar-refractivity contribution in [1.29, 1.82) is 0 Å². The summed E-state index contributed by atoms with van der Waals surface area (Å²) in [5.41, 5.74) is 2.70. The van der Waals surface area contributed by atoms with E-state index in [0.717, 1.165) is 18.7 Å². The number of nitrogens with one attached hydrogen (secondary N) is 2. The number of H-pyrrole nitrogens is 1. The molecule has 2 atom stereocenters. The highest BCUT2D eigenvalue weighted by Crippen LogP contribution is 2.21. The quantitative estimate of drug-likeness (QED) is 0.836. The molecule has 0 aliphatic rings. The second kappa shape index (κ2) is 6.48. The van der Waals surface area contributed by atoms with Crippen molar-refractivity contribution in [2.75, 3.05) is 0 Å². The fourth-order valence-electron chi connectivity index (χ4n) is 2.24. The highest BCUT2D eigenvalue weighted by atomic mass is 15.2. The van der Waals surface area contributed by atoms with Gasteiger partial charge in [0.05, 0.1) is 6.04 Å². The highest BCUT2D eigenvalue weighted by molar-refractivity contribution is 5.25. The molecule has 2 aromatic rings. The van der Waals surface area contributed by atoms with Gasteiger partial charge in [-0.3, -0.25) is 5.10 Å². The zero-order chi connectivity index (χ0) is 13.7. The fourth-order valence-corrected chi connectivity index (χ4v) is 2.24. The van der Waals surface area contributed by atoms with E-state index in [0.29, 0.717) is 6.04 Å². The lowest BCUT2D eigenvalue weighted by molar-refractivity contribution is 0.443. The average molecular weight is 258 g/mol. The summed E-state index contributed by atoms with van der Waals surface area (Å²) in [4.78, 5) is 4.20. The zero-order valence-electron chi connectivity index (χ0n) is 11.9. The molecular weight excluding hydrogens is 236 g/mol. The summed E-state index contributed by atoms with van der Waals surface area (Å²) in [6.45, 7) is 6.47. The maximum Gasteiger partial charge on any atom is 0.141 e. The molecular formula is C15H22N4. The van der Waals surface area contributed by atoms with E-state index in [9.17, 15) is 0 Å². The summed E-state index contributed by atoms with van der Waals surface area (Å²) in [6.07, 6.45) is 3.67. The van der Waals surface area contributed by atoms with E-state index in [1.165, 1.54) is 11.1 Å². The Balaban J connectivity index is 2.06. The van der Waals surface area contributed by atoms with Gasteiger partial charge in [-0.15, -0.1) is 0 Å². The number of aromatic amines is 1. The lowest BCUT2D eigenvalue weighted by Crippen LogP contribution is -2.25. The summed E-state index contributed by atoms with van der Waals surface area (Å²) < 4.78 is 0. The normalized spacial score (nSPS) is 14.3. The van der Waals surface area contributed by atoms with E-state index in [2.05, 4.69) is 65.5 Å². The minimum Gasteiger partial charge on any atom is -0.301 e. The molecule has 0 saturated carbocycles. The van der Waals surface area contributed by atoms with Crippen LogP contribution in [0.5, 0.6) is 0 Å². The van der Waals surface area contributed by atoms with Crippen LogP contribution in [0.1, 0.15) is 56.2 Å². The Kier molecular flexibility index (Phi) is 4.68. The standard InChI is InChI=1S/C15H22N4/c1-4-12-6-8-13(9-7-12)14(5-2)18-11(3)15-16-10-17-19-15/h6-11,14,18H,4-5H2,1-3H3,(H,16,17,19). The van der Waals surface area contributed by atoms with E-state index < -0.39 is 0 Å². The summed E-state index contributed by atoms with van der Waals surface area (Å²) >= 11 is 0. The second-order valence-electron chi connectivity index (χ2n) is 4.82. The molecule has 0 fully saturated rings. The largest absolute Gasteiger partial charge is 0.301 e. The lowest BCUT2D eigenvalue weighted by Gasteiger charge is -2.21. The van der Waals surface area contributed by atoms with Crippen molar-refractivity contribution >= 4 is 0 Å². The third-order valence-electron chi connectivity index (χ3n) is 3.49.